The summed E-state index contributed by atoms with van der Waals surface area (Å²) in [7, 11) is 0. The van der Waals surface area contributed by atoms with E-state index in [9.17, 15) is 4.79 Å². The van der Waals surface area contributed by atoms with Crippen molar-refractivity contribution in [2.24, 2.45) is 0 Å². The van der Waals surface area contributed by atoms with Crippen LogP contribution in [-0.2, 0) is 4.74 Å². The maximum Gasteiger partial charge on any atom is 0.415 e. The fourth-order valence-corrected chi connectivity index (χ4v) is 2.01. The topological polar surface area (TPSA) is 49.8 Å². The molecule has 1 aromatic rings. The van der Waals surface area contributed by atoms with Crippen LogP contribution in [-0.4, -0.2) is 30.0 Å². The first-order valence-electron chi connectivity index (χ1n) is 5.41. The average Bonchev–Trinajstić information content (AvgIpc) is 2.56. The van der Waals surface area contributed by atoms with Crippen molar-refractivity contribution >= 4 is 23.4 Å². The van der Waals surface area contributed by atoms with E-state index in [1.54, 1.807) is 29.2 Å². The number of carbonyl (C=O) groups excluding carboxylic acids is 1. The Hall–Kier alpha value is -1.26. The van der Waals surface area contributed by atoms with Gasteiger partial charge < -0.3 is 9.84 Å². The molecular weight excluding hydrogens is 242 g/mol. The van der Waals surface area contributed by atoms with Crippen molar-refractivity contribution < 1.29 is 14.6 Å². The molecule has 1 aliphatic heterocycles. The smallest absolute Gasteiger partial charge is 0.415 e. The lowest BCUT2D eigenvalue weighted by Crippen LogP contribution is -2.32. The fraction of sp³-hybridized carbons (Fsp3) is 0.417. The van der Waals surface area contributed by atoms with Crippen LogP contribution >= 0.6 is 11.6 Å². The summed E-state index contributed by atoms with van der Waals surface area (Å²) in [6.45, 7) is 2.25. The van der Waals surface area contributed by atoms with E-state index in [1.807, 2.05) is 6.92 Å². The Kier molecular flexibility index (Phi) is 3.26. The molecule has 0 spiro atoms. The van der Waals surface area contributed by atoms with Crippen LogP contribution in [0.3, 0.4) is 0 Å². The van der Waals surface area contributed by atoms with Gasteiger partial charge in [0.2, 0.25) is 0 Å². The molecule has 1 aliphatic rings. The van der Waals surface area contributed by atoms with Gasteiger partial charge in [0.05, 0.1) is 6.54 Å². The third-order valence-electron chi connectivity index (χ3n) is 2.83. The van der Waals surface area contributed by atoms with Gasteiger partial charge in [-0.2, -0.15) is 0 Å². The van der Waals surface area contributed by atoms with Crippen molar-refractivity contribution in [3.05, 3.63) is 29.3 Å². The maximum absolute atomic E-state index is 11.7. The number of hydrogen-bond acceptors (Lipinski definition) is 3. The highest BCUT2D eigenvalue weighted by Gasteiger charge is 2.41. The molecule has 92 valence electrons. The third kappa shape index (κ3) is 2.53. The molecule has 0 aromatic heterocycles. The molecule has 1 unspecified atom stereocenters. The van der Waals surface area contributed by atoms with Gasteiger partial charge in [0, 0.05) is 23.7 Å². The molecule has 1 atom stereocenters. The summed E-state index contributed by atoms with van der Waals surface area (Å²) in [6, 6.07) is 7.00. The van der Waals surface area contributed by atoms with Crippen LogP contribution in [0.2, 0.25) is 5.02 Å². The number of ether oxygens (including phenoxy) is 1. The minimum atomic E-state index is -0.620. The highest BCUT2D eigenvalue weighted by atomic mass is 35.5. The predicted octanol–water partition coefficient (Wildman–Crippen LogP) is 2.44. The van der Waals surface area contributed by atoms with E-state index < -0.39 is 5.60 Å². The molecular formula is C12H14ClNO3. The molecule has 4 nitrogen and oxygen atoms in total. The van der Waals surface area contributed by atoms with E-state index in [0.717, 1.165) is 5.69 Å². The summed E-state index contributed by atoms with van der Waals surface area (Å²) >= 11 is 5.79. The number of benzene rings is 1. The Bertz CT molecular complexity index is 420. The van der Waals surface area contributed by atoms with E-state index >= 15 is 0 Å². The van der Waals surface area contributed by atoms with Crippen molar-refractivity contribution in [2.45, 2.75) is 18.9 Å². The van der Waals surface area contributed by atoms with Gasteiger partial charge in [-0.1, -0.05) is 11.6 Å². The van der Waals surface area contributed by atoms with Gasteiger partial charge in [0.25, 0.3) is 0 Å². The zero-order valence-corrected chi connectivity index (χ0v) is 10.3. The van der Waals surface area contributed by atoms with Crippen LogP contribution < -0.4 is 4.90 Å². The van der Waals surface area contributed by atoms with Crippen molar-refractivity contribution in [3.63, 3.8) is 0 Å². The van der Waals surface area contributed by atoms with Crippen molar-refractivity contribution in [1.82, 2.24) is 0 Å². The maximum atomic E-state index is 11.7. The van der Waals surface area contributed by atoms with Crippen LogP contribution in [0.25, 0.3) is 0 Å². The molecule has 1 N–H and O–H groups in total. The Morgan fingerprint density at radius 2 is 2.12 bits per heavy atom. The first-order valence-corrected chi connectivity index (χ1v) is 5.79. The van der Waals surface area contributed by atoms with Gasteiger partial charge in [0.1, 0.15) is 5.60 Å². The van der Waals surface area contributed by atoms with Crippen LogP contribution in [0.1, 0.15) is 13.3 Å². The van der Waals surface area contributed by atoms with E-state index in [0.29, 0.717) is 18.0 Å². The average molecular weight is 256 g/mol. The second-order valence-electron chi connectivity index (χ2n) is 4.35. The number of rotatable bonds is 3. The van der Waals surface area contributed by atoms with Crippen LogP contribution in [0.5, 0.6) is 0 Å². The number of halogens is 1. The number of hydrogen-bond donors (Lipinski definition) is 1. The molecule has 1 saturated heterocycles. The van der Waals surface area contributed by atoms with Crippen molar-refractivity contribution in [3.8, 4) is 0 Å². The minimum Gasteiger partial charge on any atom is -0.441 e. The first-order chi connectivity index (χ1) is 8.04. The number of anilines is 1. The quantitative estimate of drug-likeness (QED) is 0.903. The Balaban J connectivity index is 2.18. The van der Waals surface area contributed by atoms with Gasteiger partial charge >= 0.3 is 6.09 Å². The fourth-order valence-electron chi connectivity index (χ4n) is 1.88. The summed E-state index contributed by atoms with van der Waals surface area (Å²) in [6.07, 6.45) is 0.0475. The summed E-state index contributed by atoms with van der Waals surface area (Å²) in [4.78, 5) is 13.3. The van der Waals surface area contributed by atoms with Gasteiger partial charge in [-0.05, 0) is 31.2 Å². The minimum absolute atomic E-state index is 0.00175. The van der Waals surface area contributed by atoms with E-state index in [4.69, 9.17) is 21.4 Å². The monoisotopic (exact) mass is 255 g/mol. The van der Waals surface area contributed by atoms with Gasteiger partial charge in [-0.3, -0.25) is 4.90 Å². The van der Waals surface area contributed by atoms with Crippen LogP contribution in [0.15, 0.2) is 24.3 Å². The zero-order valence-electron chi connectivity index (χ0n) is 9.52. The second kappa shape index (κ2) is 4.55. The standard InChI is InChI=1S/C12H14ClNO3/c1-12(6-7-15)8-14(11(16)17-12)10-4-2-9(13)3-5-10/h2-5,15H,6-8H2,1H3. The van der Waals surface area contributed by atoms with Crippen LogP contribution in [0, 0.1) is 0 Å². The molecule has 2 rings (SSSR count). The Morgan fingerprint density at radius 1 is 1.47 bits per heavy atom. The Morgan fingerprint density at radius 3 is 2.71 bits per heavy atom. The predicted molar refractivity (Wildman–Crippen MR) is 65.4 cm³/mol. The van der Waals surface area contributed by atoms with Crippen molar-refractivity contribution in [2.75, 3.05) is 18.1 Å². The summed E-state index contributed by atoms with van der Waals surface area (Å²) in [5.74, 6) is 0. The highest BCUT2D eigenvalue weighted by Crippen LogP contribution is 2.30. The molecule has 0 bridgehead atoms. The zero-order chi connectivity index (χ0) is 12.5. The summed E-state index contributed by atoms with van der Waals surface area (Å²) < 4.78 is 5.28. The molecule has 17 heavy (non-hydrogen) atoms. The molecule has 1 amide bonds. The SMILES string of the molecule is CC1(CCO)CN(c2ccc(Cl)cc2)C(=O)O1. The molecule has 1 fully saturated rings. The number of cyclic esters (lactones) is 1. The molecule has 1 heterocycles. The first kappa shape index (κ1) is 12.2. The molecule has 0 saturated carbocycles. The number of nitrogens with zero attached hydrogens (tertiary/aromatic N) is 1. The molecule has 0 aliphatic carbocycles. The normalized spacial score (nSPS) is 23.9. The summed E-state index contributed by atoms with van der Waals surface area (Å²) in [5.41, 5.74) is 0.131. The lowest BCUT2D eigenvalue weighted by molar-refractivity contribution is 0.0502. The lowest BCUT2D eigenvalue weighted by Gasteiger charge is -2.20. The molecule has 0 radical (unpaired) electrons. The second-order valence-corrected chi connectivity index (χ2v) is 4.79. The van der Waals surface area contributed by atoms with Gasteiger partial charge in [-0.15, -0.1) is 0 Å². The highest BCUT2D eigenvalue weighted by molar-refractivity contribution is 6.30. The van der Waals surface area contributed by atoms with Gasteiger partial charge in [0.15, 0.2) is 0 Å². The van der Waals surface area contributed by atoms with E-state index in [1.165, 1.54) is 0 Å². The van der Waals surface area contributed by atoms with Gasteiger partial charge in [-0.25, -0.2) is 4.79 Å². The van der Waals surface area contributed by atoms with E-state index in [-0.39, 0.29) is 12.7 Å². The number of aliphatic hydroxyl groups excluding tert-OH is 1. The number of carbonyl (C=O) groups is 1. The number of amides is 1. The largest absolute Gasteiger partial charge is 0.441 e. The van der Waals surface area contributed by atoms with E-state index in [2.05, 4.69) is 0 Å². The Labute approximate surface area is 105 Å². The molecule has 5 heteroatoms. The summed E-state index contributed by atoms with van der Waals surface area (Å²) in [5, 5.41) is 9.57. The third-order valence-corrected chi connectivity index (χ3v) is 3.08. The van der Waals surface area contributed by atoms with Crippen LogP contribution in [0.4, 0.5) is 10.5 Å². The molecule has 1 aromatic carbocycles. The number of aliphatic hydroxyl groups is 1. The lowest BCUT2D eigenvalue weighted by atomic mass is 10.0. The van der Waals surface area contributed by atoms with Crippen molar-refractivity contribution in [1.29, 1.82) is 0 Å².